The molecule has 3 aromatic carbocycles. The van der Waals surface area contributed by atoms with E-state index in [1.54, 1.807) is 36.4 Å². The predicted octanol–water partition coefficient (Wildman–Crippen LogP) is 3.50. The maximum atomic E-state index is 12.9. The fraction of sp³-hybridized carbons (Fsp3) is 0.136. The van der Waals surface area contributed by atoms with Crippen molar-refractivity contribution >= 4 is 28.8 Å². The highest BCUT2D eigenvalue weighted by Crippen LogP contribution is 2.38. The zero-order valence-corrected chi connectivity index (χ0v) is 16.1. The Morgan fingerprint density at radius 3 is 1.86 bits per heavy atom. The van der Waals surface area contributed by atoms with E-state index in [9.17, 15) is 9.59 Å². The topological polar surface area (TPSA) is 77.4 Å². The molecule has 4 rings (SSSR count). The number of nitrogens with zero attached hydrogens (tertiary/aromatic N) is 2. The lowest BCUT2D eigenvalue weighted by atomic mass is 9.95. The zero-order valence-electron chi connectivity index (χ0n) is 16.1. The molecule has 0 saturated heterocycles. The molecule has 1 aliphatic rings. The third kappa shape index (κ3) is 2.97. The van der Waals surface area contributed by atoms with Crippen LogP contribution in [0, 0.1) is 0 Å². The molecule has 0 bridgehead atoms. The maximum Gasteiger partial charge on any atom is 0.282 e. The van der Waals surface area contributed by atoms with Crippen molar-refractivity contribution in [3.8, 4) is 17.2 Å². The minimum atomic E-state index is -0.469. The van der Waals surface area contributed by atoms with Gasteiger partial charge in [0.15, 0.2) is 11.5 Å². The molecule has 7 nitrogen and oxygen atoms in total. The van der Waals surface area contributed by atoms with Gasteiger partial charge in [0.05, 0.1) is 38.7 Å². The standard InChI is InChI=1S/C22H18N2O5/c1-27-17-10-13(11-18(28-2)20(17)29-3)12-23-24-21(25)15-8-4-6-14-7-5-9-16(19(14)15)22(24)26/h4-12H,1-3H3/b23-12+. The fourth-order valence-electron chi connectivity index (χ4n) is 3.42. The number of ether oxygens (including phenoxy) is 3. The van der Waals surface area contributed by atoms with Crippen molar-refractivity contribution in [2.75, 3.05) is 21.3 Å². The van der Waals surface area contributed by atoms with Crippen molar-refractivity contribution < 1.29 is 23.8 Å². The highest BCUT2D eigenvalue weighted by atomic mass is 16.5. The number of rotatable bonds is 5. The van der Waals surface area contributed by atoms with Crippen LogP contribution in [0.2, 0.25) is 0 Å². The highest BCUT2D eigenvalue weighted by molar-refractivity contribution is 6.25. The van der Waals surface area contributed by atoms with Crippen molar-refractivity contribution in [1.82, 2.24) is 5.01 Å². The van der Waals surface area contributed by atoms with Crippen LogP contribution in [-0.2, 0) is 0 Å². The van der Waals surface area contributed by atoms with Crippen LogP contribution in [0.25, 0.3) is 10.8 Å². The van der Waals surface area contributed by atoms with Crippen LogP contribution in [0.5, 0.6) is 17.2 Å². The Hall–Kier alpha value is -3.87. The van der Waals surface area contributed by atoms with E-state index >= 15 is 0 Å². The maximum absolute atomic E-state index is 12.9. The van der Waals surface area contributed by atoms with Crippen LogP contribution in [-0.4, -0.2) is 44.4 Å². The first-order valence-electron chi connectivity index (χ1n) is 8.83. The van der Waals surface area contributed by atoms with Gasteiger partial charge in [0.25, 0.3) is 11.8 Å². The van der Waals surface area contributed by atoms with Crippen LogP contribution in [0.3, 0.4) is 0 Å². The van der Waals surface area contributed by atoms with Gasteiger partial charge >= 0.3 is 0 Å². The SMILES string of the molecule is COc1cc(/C=N/N2C(=O)c3cccc4cccc(c34)C2=O)cc(OC)c1OC. The molecule has 1 aliphatic heterocycles. The van der Waals surface area contributed by atoms with Crippen molar-refractivity contribution in [2.45, 2.75) is 0 Å². The number of methoxy groups -OCH3 is 3. The van der Waals surface area contributed by atoms with Gasteiger partial charge in [-0.1, -0.05) is 24.3 Å². The lowest BCUT2D eigenvalue weighted by Gasteiger charge is -2.23. The van der Waals surface area contributed by atoms with Crippen LogP contribution >= 0.6 is 0 Å². The summed E-state index contributed by atoms with van der Waals surface area (Å²) in [5, 5.41) is 6.54. The van der Waals surface area contributed by atoms with Gasteiger partial charge in [-0.15, -0.1) is 0 Å². The molecule has 146 valence electrons. The predicted molar refractivity (Wildman–Crippen MR) is 108 cm³/mol. The summed E-state index contributed by atoms with van der Waals surface area (Å²) in [5.41, 5.74) is 1.47. The van der Waals surface area contributed by atoms with E-state index in [0.29, 0.717) is 39.3 Å². The van der Waals surface area contributed by atoms with Crippen molar-refractivity contribution in [3.63, 3.8) is 0 Å². The third-order valence-corrected chi connectivity index (χ3v) is 4.76. The smallest absolute Gasteiger partial charge is 0.282 e. The summed E-state index contributed by atoms with van der Waals surface area (Å²) in [4.78, 5) is 25.8. The second-order valence-electron chi connectivity index (χ2n) is 6.33. The number of hydrogen-bond donors (Lipinski definition) is 0. The lowest BCUT2D eigenvalue weighted by molar-refractivity contribution is 0.0616. The number of carbonyl (C=O) groups excluding carboxylic acids is 2. The van der Waals surface area contributed by atoms with Gasteiger partial charge in [0.1, 0.15) is 0 Å². The van der Waals surface area contributed by atoms with Gasteiger partial charge in [-0.25, -0.2) is 0 Å². The number of imide groups is 1. The molecule has 29 heavy (non-hydrogen) atoms. The second-order valence-corrected chi connectivity index (χ2v) is 6.33. The molecule has 0 unspecified atom stereocenters. The largest absolute Gasteiger partial charge is 0.493 e. The second kappa shape index (κ2) is 7.27. The first-order chi connectivity index (χ1) is 14.1. The van der Waals surface area contributed by atoms with Gasteiger partial charge in [-0.3, -0.25) is 9.59 Å². The first-order valence-corrected chi connectivity index (χ1v) is 8.83. The van der Waals surface area contributed by atoms with E-state index in [2.05, 4.69) is 5.10 Å². The summed E-state index contributed by atoms with van der Waals surface area (Å²) in [6.45, 7) is 0. The normalized spacial score (nSPS) is 13.3. The molecule has 0 aromatic heterocycles. The quantitative estimate of drug-likeness (QED) is 0.492. The molecule has 1 heterocycles. The van der Waals surface area contributed by atoms with Gasteiger partial charge in [0.2, 0.25) is 5.75 Å². The molecule has 0 atom stereocenters. The Morgan fingerprint density at radius 2 is 1.38 bits per heavy atom. The Kier molecular flexibility index (Phi) is 4.64. The van der Waals surface area contributed by atoms with Crippen molar-refractivity contribution in [3.05, 3.63) is 65.2 Å². The molecular formula is C22H18N2O5. The van der Waals surface area contributed by atoms with E-state index in [1.807, 2.05) is 12.1 Å². The number of benzene rings is 3. The molecule has 0 spiro atoms. The zero-order chi connectivity index (χ0) is 20.5. The van der Waals surface area contributed by atoms with E-state index in [1.165, 1.54) is 27.5 Å². The van der Waals surface area contributed by atoms with Gasteiger partial charge in [0, 0.05) is 10.9 Å². The molecule has 0 N–H and O–H groups in total. The number of carbonyl (C=O) groups is 2. The van der Waals surface area contributed by atoms with E-state index < -0.39 is 11.8 Å². The van der Waals surface area contributed by atoms with E-state index in [0.717, 1.165) is 10.4 Å². The Balaban J connectivity index is 1.75. The van der Waals surface area contributed by atoms with Gasteiger partial charge < -0.3 is 14.2 Å². The molecule has 7 heteroatoms. The molecular weight excluding hydrogens is 372 g/mol. The third-order valence-electron chi connectivity index (χ3n) is 4.76. The highest BCUT2D eigenvalue weighted by Gasteiger charge is 2.32. The number of hydrogen-bond acceptors (Lipinski definition) is 6. The average Bonchev–Trinajstić information content (AvgIpc) is 2.76. The van der Waals surface area contributed by atoms with Crippen LogP contribution in [0.4, 0.5) is 0 Å². The fourth-order valence-corrected chi connectivity index (χ4v) is 3.42. The molecule has 3 aromatic rings. The Morgan fingerprint density at radius 1 is 0.828 bits per heavy atom. The number of amides is 2. The van der Waals surface area contributed by atoms with Crippen molar-refractivity contribution in [1.29, 1.82) is 0 Å². The Bertz CT molecular complexity index is 1090. The summed E-state index contributed by atoms with van der Waals surface area (Å²) in [6.07, 6.45) is 1.41. The van der Waals surface area contributed by atoms with E-state index in [4.69, 9.17) is 14.2 Å². The minimum Gasteiger partial charge on any atom is -0.493 e. The Labute approximate surface area is 167 Å². The van der Waals surface area contributed by atoms with Crippen molar-refractivity contribution in [2.24, 2.45) is 5.10 Å². The monoisotopic (exact) mass is 390 g/mol. The number of hydrazone groups is 1. The van der Waals surface area contributed by atoms with E-state index in [-0.39, 0.29) is 0 Å². The summed E-state index contributed by atoms with van der Waals surface area (Å²) >= 11 is 0. The van der Waals surface area contributed by atoms with Gasteiger partial charge in [-0.05, 0) is 29.7 Å². The van der Waals surface area contributed by atoms with Crippen LogP contribution < -0.4 is 14.2 Å². The van der Waals surface area contributed by atoms with Gasteiger partial charge in [-0.2, -0.15) is 10.1 Å². The molecule has 2 amide bonds. The van der Waals surface area contributed by atoms with Crippen LogP contribution in [0.1, 0.15) is 26.3 Å². The molecule has 0 fully saturated rings. The minimum absolute atomic E-state index is 0.442. The average molecular weight is 390 g/mol. The first kappa shape index (κ1) is 18.5. The summed E-state index contributed by atoms with van der Waals surface area (Å²) in [6, 6.07) is 14.1. The molecule has 0 saturated carbocycles. The molecule has 0 radical (unpaired) electrons. The molecule has 0 aliphatic carbocycles. The lowest BCUT2D eigenvalue weighted by Crippen LogP contribution is -2.36. The summed E-state index contributed by atoms with van der Waals surface area (Å²) in [5.74, 6) is 0.392. The van der Waals surface area contributed by atoms with Crippen LogP contribution in [0.15, 0.2) is 53.6 Å². The summed E-state index contributed by atoms with van der Waals surface area (Å²) in [7, 11) is 4.53. The summed E-state index contributed by atoms with van der Waals surface area (Å²) < 4.78 is 15.9.